The summed E-state index contributed by atoms with van der Waals surface area (Å²) in [4.78, 5) is 109. The number of rotatable bonds is 88. The molecule has 5 N–H and O–H groups in total. The molecule has 0 aliphatic carbocycles. The molecule has 1 aromatic heterocycles. The summed E-state index contributed by atoms with van der Waals surface area (Å²) in [6.07, 6.45) is 6.11. The average Bonchev–Trinajstić information content (AvgIpc) is 1.61. The van der Waals surface area contributed by atoms with Crippen molar-refractivity contribution in [1.29, 1.82) is 0 Å². The number of aliphatic hydroxyl groups excluding tert-OH is 1. The molecular weight excluding hydrogens is 1690 g/mol. The summed E-state index contributed by atoms with van der Waals surface area (Å²) in [7, 11) is 0. The largest absolute Gasteiger partial charge is 0.387 e. The van der Waals surface area contributed by atoms with E-state index in [0.717, 1.165) is 28.7 Å². The standard InChI is InChI=1S/C90H145F2N7O29.CH4/c1-72(2)77(88(107)96-80(16-11-24-94-89(93)108)82(103)17-9-10-25-99(85(106)71-100)86(90(3,4)5)87-95-81(78-67-74(91)18-19-79(78)92)70-97(87)69-73-13-7-6-8-14-73)68-76(102)23-28-110-30-32-112-34-36-114-38-40-116-42-44-118-46-48-120-50-52-122-54-56-124-58-60-126-62-64-128-66-65-127-63-61-125-59-57-123-55-53-121-51-49-119-47-45-117-43-41-115-39-37-113-35-33-111-31-29-109-27-12-15-75(101)22-26-98-83(104)20-21-84(98)105;/h6-8,13-14,18-21,67,70,72,77,80,86,100H,9-12,15-17,22-66,68-69,71H2,1-5H3,(H,96,107)(H3,93,94,108);1H4/t77-,80-,86-;/m0./s1. The fourth-order valence-electron chi connectivity index (χ4n) is 12.6. The number of carbonyl (C=O) groups is 8. The summed E-state index contributed by atoms with van der Waals surface area (Å²) < 4.78 is 142. The molecule has 0 saturated carbocycles. The highest BCUT2D eigenvalue weighted by Crippen LogP contribution is 2.40. The quantitative estimate of drug-likeness (QED) is 0.0337. The molecule has 38 heteroatoms. The Morgan fingerprint density at radius 2 is 0.884 bits per heavy atom. The lowest BCUT2D eigenvalue weighted by Gasteiger charge is -2.40. The SMILES string of the molecule is C.CC(C)[C@H](CC(=O)CCOCCOCCOCCOCCOCCOCCOCCOCCOCCOCCOCCOCCOCCOCCOCCOCCOCCOCCOCCOCCCC(=O)CCN1C(=O)C=CC1=O)C(=O)N[C@@H](CCCNC(N)=O)C(=O)CCCCN(C(=O)CO)[C@@H](c1nc(-c2cc(F)ccc2F)cn1Cc1ccccc1)C(C)(C)C. The normalized spacial score (nSPS) is 12.9. The van der Waals surface area contributed by atoms with Crippen LogP contribution in [0.4, 0.5) is 13.6 Å². The van der Waals surface area contributed by atoms with Crippen LogP contribution in [0.1, 0.15) is 124 Å². The second-order valence-electron chi connectivity index (χ2n) is 30.8. The molecule has 0 bridgehead atoms. The van der Waals surface area contributed by atoms with Gasteiger partial charge in [0.05, 0.1) is 275 Å². The highest BCUT2D eigenvalue weighted by Gasteiger charge is 2.39. The zero-order valence-corrected chi connectivity index (χ0v) is 76.1. The number of aliphatic hydroxyl groups is 1. The fourth-order valence-corrected chi connectivity index (χ4v) is 12.6. The number of benzene rings is 2. The first kappa shape index (κ1) is 116. The van der Waals surface area contributed by atoms with E-state index in [9.17, 15) is 47.9 Å². The molecular formula is C91H149F2N7O29. The summed E-state index contributed by atoms with van der Waals surface area (Å²) in [6.45, 7) is 25.8. The van der Waals surface area contributed by atoms with E-state index in [2.05, 4.69) is 10.6 Å². The number of amides is 6. The van der Waals surface area contributed by atoms with Gasteiger partial charge in [-0.1, -0.05) is 72.4 Å². The number of imide groups is 1. The van der Waals surface area contributed by atoms with Gasteiger partial charge in [-0.05, 0) is 67.2 Å². The second-order valence-corrected chi connectivity index (χ2v) is 30.8. The van der Waals surface area contributed by atoms with E-state index >= 15 is 4.39 Å². The number of carbonyl (C=O) groups excluding carboxylic acids is 8. The van der Waals surface area contributed by atoms with Crippen molar-refractivity contribution in [2.75, 3.05) is 291 Å². The van der Waals surface area contributed by atoms with Crippen LogP contribution in [-0.4, -0.2) is 368 Å². The van der Waals surface area contributed by atoms with Gasteiger partial charge in [-0.15, -0.1) is 0 Å². The number of unbranched alkanes of at least 4 members (excludes halogenated alkanes) is 1. The van der Waals surface area contributed by atoms with Crippen molar-refractivity contribution in [3.05, 3.63) is 89.9 Å². The van der Waals surface area contributed by atoms with Gasteiger partial charge >= 0.3 is 6.03 Å². The highest BCUT2D eigenvalue weighted by molar-refractivity contribution is 6.13. The van der Waals surface area contributed by atoms with Crippen molar-refractivity contribution in [1.82, 2.24) is 30.0 Å². The third kappa shape index (κ3) is 57.7. The molecule has 36 nitrogen and oxygen atoms in total. The summed E-state index contributed by atoms with van der Waals surface area (Å²) in [5, 5.41) is 15.7. The van der Waals surface area contributed by atoms with Gasteiger partial charge in [0, 0.05) is 94.7 Å². The van der Waals surface area contributed by atoms with Gasteiger partial charge in [-0.25, -0.2) is 18.6 Å². The minimum atomic E-state index is -0.966. The number of hydrogen-bond acceptors (Lipinski definition) is 30. The second kappa shape index (κ2) is 76.2. The van der Waals surface area contributed by atoms with Crippen LogP contribution in [0.5, 0.6) is 0 Å². The molecule has 2 aromatic carbocycles. The molecule has 6 amide bonds. The topological polar surface area (TPSA) is 416 Å². The number of nitrogens with one attached hydrogen (secondary N) is 2. The van der Waals surface area contributed by atoms with Crippen LogP contribution in [0.25, 0.3) is 11.3 Å². The number of ether oxygens (including phenoxy) is 20. The van der Waals surface area contributed by atoms with E-state index < -0.39 is 59.5 Å². The lowest BCUT2D eigenvalue weighted by Crippen LogP contribution is -2.46. The van der Waals surface area contributed by atoms with Gasteiger partial charge < -0.3 is 126 Å². The van der Waals surface area contributed by atoms with Crippen molar-refractivity contribution in [3.8, 4) is 11.3 Å². The number of halogens is 2. The predicted octanol–water partition coefficient (Wildman–Crippen LogP) is 6.71. The fraction of sp³-hybridized carbons (Fsp3) is 0.725. The summed E-state index contributed by atoms with van der Waals surface area (Å²) >= 11 is 0. The molecule has 3 atom stereocenters. The maximum Gasteiger partial charge on any atom is 0.312 e. The van der Waals surface area contributed by atoms with Crippen molar-refractivity contribution < 1.29 is 147 Å². The molecule has 1 aliphatic rings. The minimum absolute atomic E-state index is 0. The Balaban J connectivity index is 0.0000429. The molecule has 0 unspecified atom stereocenters. The molecule has 0 saturated heterocycles. The first-order valence-electron chi connectivity index (χ1n) is 44.6. The molecule has 2 heterocycles. The number of primary amides is 1. The first-order valence-corrected chi connectivity index (χ1v) is 44.6. The van der Waals surface area contributed by atoms with Gasteiger partial charge in [0.1, 0.15) is 35.6 Å². The Morgan fingerprint density at radius 1 is 0.488 bits per heavy atom. The van der Waals surface area contributed by atoms with Crippen LogP contribution < -0.4 is 16.4 Å². The molecule has 0 spiro atoms. The van der Waals surface area contributed by atoms with E-state index in [-0.39, 0.29) is 138 Å². The molecule has 129 heavy (non-hydrogen) atoms. The monoisotopic (exact) mass is 1840 g/mol. The van der Waals surface area contributed by atoms with E-state index in [1.807, 2.05) is 65.0 Å². The number of ketones is 3. The van der Waals surface area contributed by atoms with Gasteiger partial charge in [-0.2, -0.15) is 0 Å². The first-order chi connectivity index (χ1) is 62.2. The lowest BCUT2D eigenvalue weighted by atomic mass is 9.84. The van der Waals surface area contributed by atoms with Crippen molar-refractivity contribution >= 4 is 47.0 Å². The van der Waals surface area contributed by atoms with Crippen LogP contribution in [0, 0.1) is 28.9 Å². The molecule has 736 valence electrons. The number of nitrogens with two attached hydrogens (primary N) is 1. The van der Waals surface area contributed by atoms with Gasteiger partial charge in [0.2, 0.25) is 11.8 Å². The van der Waals surface area contributed by atoms with Crippen molar-refractivity contribution in [2.24, 2.45) is 23.0 Å². The minimum Gasteiger partial charge on any atom is -0.387 e. The van der Waals surface area contributed by atoms with Crippen LogP contribution in [0.15, 0.2) is 66.9 Å². The Labute approximate surface area is 760 Å². The summed E-state index contributed by atoms with van der Waals surface area (Å²) in [5.74, 6) is -4.29. The zero-order chi connectivity index (χ0) is 92.6. The zero-order valence-electron chi connectivity index (χ0n) is 76.1. The summed E-state index contributed by atoms with van der Waals surface area (Å²) in [5.41, 5.74) is 5.57. The number of hydrogen-bond donors (Lipinski definition) is 4. The molecule has 1 aliphatic heterocycles. The third-order valence-electron chi connectivity index (χ3n) is 19.2. The van der Waals surface area contributed by atoms with E-state index in [0.29, 0.717) is 276 Å². The number of aromatic nitrogens is 2. The molecule has 0 fully saturated rings. The van der Waals surface area contributed by atoms with Crippen molar-refractivity contribution in [3.63, 3.8) is 0 Å². The Morgan fingerprint density at radius 3 is 1.26 bits per heavy atom. The van der Waals surface area contributed by atoms with E-state index in [4.69, 9.17) is 105 Å². The van der Waals surface area contributed by atoms with E-state index in [1.54, 1.807) is 10.8 Å². The van der Waals surface area contributed by atoms with Crippen LogP contribution >= 0.6 is 0 Å². The molecule has 4 rings (SSSR count). The third-order valence-corrected chi connectivity index (χ3v) is 19.2. The molecule has 3 aromatic rings. The average molecular weight is 1840 g/mol. The summed E-state index contributed by atoms with van der Waals surface area (Å²) in [6, 6.07) is 10.1. The maximum atomic E-state index is 15.3. The van der Waals surface area contributed by atoms with Gasteiger partial charge in [0.25, 0.3) is 11.8 Å². The Hall–Kier alpha value is -7.23. The molecule has 0 radical (unpaired) electrons. The maximum absolute atomic E-state index is 15.3. The van der Waals surface area contributed by atoms with Gasteiger partial charge in [0.15, 0.2) is 5.78 Å². The highest BCUT2D eigenvalue weighted by atomic mass is 19.1. The van der Waals surface area contributed by atoms with Crippen molar-refractivity contribution in [2.45, 2.75) is 125 Å². The number of Topliss-reactive ketones (excluding diaryl/α,β-unsaturated/α-hetero) is 3. The van der Waals surface area contributed by atoms with E-state index in [1.165, 1.54) is 17.1 Å². The van der Waals surface area contributed by atoms with Gasteiger partial charge in [-0.3, -0.25) is 38.5 Å². The van der Waals surface area contributed by atoms with Crippen LogP contribution in [-0.2, 0) is 135 Å². The number of imidazole rings is 1. The smallest absolute Gasteiger partial charge is 0.312 e. The number of urea groups is 1. The number of nitrogens with zero attached hydrogens (tertiary/aromatic N) is 4. The van der Waals surface area contributed by atoms with Crippen LogP contribution in [0.2, 0.25) is 0 Å². The lowest BCUT2D eigenvalue weighted by molar-refractivity contribution is -0.140. The Bertz CT molecular complexity index is 3440. The predicted molar refractivity (Wildman–Crippen MR) is 472 cm³/mol. The Kier molecular flexibility index (Phi) is 68.5. The van der Waals surface area contributed by atoms with Crippen LogP contribution in [0.3, 0.4) is 0 Å².